The van der Waals surface area contributed by atoms with Crippen molar-refractivity contribution in [3.63, 3.8) is 0 Å². The fourth-order valence-electron chi connectivity index (χ4n) is 1.83. The number of alkyl halides is 1. The van der Waals surface area contributed by atoms with Crippen molar-refractivity contribution in [2.75, 3.05) is 27.1 Å². The Hall–Kier alpha value is -1.86. The number of pyridine rings is 1. The Balaban J connectivity index is 2.28. The first kappa shape index (κ1) is 15.5. The number of thiazole rings is 1. The summed E-state index contributed by atoms with van der Waals surface area (Å²) in [6, 6.07) is 3.70. The van der Waals surface area contributed by atoms with Crippen molar-refractivity contribution in [1.82, 2.24) is 14.9 Å². The average Bonchev–Trinajstić information content (AvgIpc) is 2.89. The number of aryl methyl sites for hydroxylation is 1. The van der Waals surface area contributed by atoms with Crippen molar-refractivity contribution < 1.29 is 13.9 Å². The molecule has 0 aliphatic rings. The van der Waals surface area contributed by atoms with Gasteiger partial charge in [0.25, 0.3) is 5.91 Å². The lowest BCUT2D eigenvalue weighted by Gasteiger charge is -2.19. The van der Waals surface area contributed by atoms with Crippen LogP contribution in [0.15, 0.2) is 24.5 Å². The summed E-state index contributed by atoms with van der Waals surface area (Å²) in [4.78, 5) is 22.7. The summed E-state index contributed by atoms with van der Waals surface area (Å²) in [7, 11) is 1.47. The lowest BCUT2D eigenvalue weighted by molar-refractivity contribution is 0.0402. The predicted octanol–water partition coefficient (Wildman–Crippen LogP) is 2.53. The molecular formula is C14H16FN3O2S. The van der Waals surface area contributed by atoms with Crippen LogP contribution in [-0.2, 0) is 4.74 Å². The molecular weight excluding hydrogens is 293 g/mol. The van der Waals surface area contributed by atoms with E-state index >= 15 is 0 Å². The first-order chi connectivity index (χ1) is 10.2. The molecule has 0 saturated heterocycles. The summed E-state index contributed by atoms with van der Waals surface area (Å²) in [5.74, 6) is -0.264. The number of nitrogens with zero attached hydrogens (tertiary/aromatic N) is 3. The smallest absolute Gasteiger partial charge is 0.267 e. The van der Waals surface area contributed by atoms with Gasteiger partial charge in [-0.2, -0.15) is 0 Å². The molecule has 0 N–H and O–H groups in total. The van der Waals surface area contributed by atoms with Crippen LogP contribution in [0.25, 0.3) is 10.6 Å². The fourth-order valence-corrected chi connectivity index (χ4v) is 2.86. The van der Waals surface area contributed by atoms with Gasteiger partial charge in [0.15, 0.2) is 0 Å². The predicted molar refractivity (Wildman–Crippen MR) is 79.0 cm³/mol. The van der Waals surface area contributed by atoms with E-state index in [2.05, 4.69) is 9.97 Å². The third kappa shape index (κ3) is 3.62. The molecule has 2 aromatic heterocycles. The van der Waals surface area contributed by atoms with Gasteiger partial charge in [0.2, 0.25) is 0 Å². The molecule has 0 saturated carbocycles. The van der Waals surface area contributed by atoms with E-state index in [4.69, 9.17) is 4.74 Å². The van der Waals surface area contributed by atoms with Crippen molar-refractivity contribution >= 4 is 17.2 Å². The van der Waals surface area contributed by atoms with Crippen molar-refractivity contribution in [1.29, 1.82) is 0 Å². The quantitative estimate of drug-likeness (QED) is 0.770. The third-order valence-corrected chi connectivity index (χ3v) is 4.02. The zero-order valence-electron chi connectivity index (χ0n) is 11.9. The maximum atomic E-state index is 12.5. The molecule has 2 aromatic rings. The number of ether oxygens (including phenoxy) is 1. The number of carbonyl (C=O) groups is 1. The normalized spacial score (nSPS) is 10.6. The Morgan fingerprint density at radius 1 is 1.52 bits per heavy atom. The van der Waals surface area contributed by atoms with Gasteiger partial charge in [-0.15, -0.1) is 11.3 Å². The van der Waals surface area contributed by atoms with E-state index in [0.717, 1.165) is 10.6 Å². The van der Waals surface area contributed by atoms with Gasteiger partial charge in [0.05, 0.1) is 12.2 Å². The molecule has 1 amide bonds. The molecule has 0 radical (unpaired) electrons. The minimum atomic E-state index is -0.609. The van der Waals surface area contributed by atoms with E-state index in [1.54, 1.807) is 19.3 Å². The highest BCUT2D eigenvalue weighted by atomic mass is 32.1. The number of hydrogen-bond acceptors (Lipinski definition) is 5. The minimum absolute atomic E-state index is 0.00619. The Morgan fingerprint density at radius 2 is 2.33 bits per heavy atom. The van der Waals surface area contributed by atoms with Gasteiger partial charge in [-0.05, 0) is 19.1 Å². The molecule has 0 aromatic carbocycles. The molecule has 112 valence electrons. The summed E-state index contributed by atoms with van der Waals surface area (Å²) < 4.78 is 17.5. The topological polar surface area (TPSA) is 55.3 Å². The highest BCUT2D eigenvalue weighted by molar-refractivity contribution is 7.17. The van der Waals surface area contributed by atoms with Crippen LogP contribution in [0.1, 0.15) is 15.4 Å². The summed E-state index contributed by atoms with van der Waals surface area (Å²) in [5.41, 5.74) is 1.48. The van der Waals surface area contributed by atoms with Gasteiger partial charge in [0.1, 0.15) is 23.3 Å². The molecule has 0 aliphatic carbocycles. The number of aromatic nitrogens is 2. The second kappa shape index (κ2) is 7.24. The lowest BCUT2D eigenvalue weighted by Crippen LogP contribution is -2.34. The highest BCUT2D eigenvalue weighted by Gasteiger charge is 2.21. The monoisotopic (exact) mass is 309 g/mol. The second-order valence-electron chi connectivity index (χ2n) is 4.35. The van der Waals surface area contributed by atoms with E-state index in [1.807, 2.05) is 12.1 Å². The Labute approximate surface area is 126 Å². The lowest BCUT2D eigenvalue weighted by atomic mass is 10.3. The molecule has 0 spiro atoms. The number of amides is 1. The second-order valence-corrected chi connectivity index (χ2v) is 5.35. The number of hydrogen-bond donors (Lipinski definition) is 0. The van der Waals surface area contributed by atoms with Crippen LogP contribution < -0.4 is 0 Å². The standard InChI is InChI=1S/C14H16FN3O2S/c1-10-12(14(19)18(7-5-15)9-20-2)21-13(17-10)11-4-3-6-16-8-11/h3-4,6,8H,5,7,9H2,1-2H3. The molecule has 5 nitrogen and oxygen atoms in total. The Kier molecular flexibility index (Phi) is 5.35. The van der Waals surface area contributed by atoms with Crippen molar-refractivity contribution in [3.8, 4) is 10.6 Å². The molecule has 0 atom stereocenters. The fraction of sp³-hybridized carbons (Fsp3) is 0.357. The Morgan fingerprint density at radius 3 is 2.95 bits per heavy atom. The zero-order chi connectivity index (χ0) is 15.2. The molecule has 21 heavy (non-hydrogen) atoms. The molecule has 0 fully saturated rings. The summed E-state index contributed by atoms with van der Waals surface area (Å²) >= 11 is 1.28. The Bertz CT molecular complexity index is 598. The molecule has 7 heteroatoms. The molecule has 2 rings (SSSR count). The van der Waals surface area contributed by atoms with Gasteiger partial charge in [-0.1, -0.05) is 0 Å². The molecule has 2 heterocycles. The van der Waals surface area contributed by atoms with Crippen LogP contribution in [-0.4, -0.2) is 47.8 Å². The van der Waals surface area contributed by atoms with Gasteiger partial charge in [-0.3, -0.25) is 9.78 Å². The molecule has 0 aliphatic heterocycles. The van der Waals surface area contributed by atoms with Crippen LogP contribution in [0.3, 0.4) is 0 Å². The van der Waals surface area contributed by atoms with Gasteiger partial charge < -0.3 is 9.64 Å². The maximum Gasteiger partial charge on any atom is 0.267 e. The largest absolute Gasteiger partial charge is 0.364 e. The van der Waals surface area contributed by atoms with E-state index < -0.39 is 6.67 Å². The third-order valence-electron chi connectivity index (χ3n) is 2.83. The van der Waals surface area contributed by atoms with Gasteiger partial charge in [-0.25, -0.2) is 9.37 Å². The number of rotatable bonds is 6. The number of methoxy groups -OCH3 is 1. The van der Waals surface area contributed by atoms with Crippen LogP contribution >= 0.6 is 11.3 Å². The summed E-state index contributed by atoms with van der Waals surface area (Å²) in [5, 5.41) is 0.724. The van der Waals surface area contributed by atoms with Crippen LogP contribution in [0.5, 0.6) is 0 Å². The summed E-state index contributed by atoms with van der Waals surface area (Å²) in [6.45, 7) is 1.22. The minimum Gasteiger partial charge on any atom is -0.364 e. The SMILES string of the molecule is COCN(CCF)C(=O)c1sc(-c2cccnc2)nc1C. The van der Waals surface area contributed by atoms with E-state index in [9.17, 15) is 9.18 Å². The average molecular weight is 309 g/mol. The van der Waals surface area contributed by atoms with Crippen LogP contribution in [0, 0.1) is 6.92 Å². The first-order valence-electron chi connectivity index (χ1n) is 6.39. The number of halogens is 1. The number of carbonyl (C=O) groups excluding carboxylic acids is 1. The van der Waals surface area contributed by atoms with Crippen molar-refractivity contribution in [2.45, 2.75) is 6.92 Å². The van der Waals surface area contributed by atoms with E-state index in [0.29, 0.717) is 10.6 Å². The molecule has 0 unspecified atom stereocenters. The van der Waals surface area contributed by atoms with Gasteiger partial charge in [0, 0.05) is 25.1 Å². The zero-order valence-corrected chi connectivity index (χ0v) is 12.7. The van der Waals surface area contributed by atoms with Crippen LogP contribution in [0.2, 0.25) is 0 Å². The van der Waals surface area contributed by atoms with E-state index in [1.165, 1.54) is 23.3 Å². The maximum absolute atomic E-state index is 12.5. The summed E-state index contributed by atoms with van der Waals surface area (Å²) in [6.07, 6.45) is 3.37. The van der Waals surface area contributed by atoms with Gasteiger partial charge >= 0.3 is 0 Å². The first-order valence-corrected chi connectivity index (χ1v) is 7.21. The van der Waals surface area contributed by atoms with Crippen molar-refractivity contribution in [3.05, 3.63) is 35.1 Å². The van der Waals surface area contributed by atoms with Crippen LogP contribution in [0.4, 0.5) is 4.39 Å². The van der Waals surface area contributed by atoms with Crippen molar-refractivity contribution in [2.24, 2.45) is 0 Å². The highest BCUT2D eigenvalue weighted by Crippen LogP contribution is 2.28. The van der Waals surface area contributed by atoms with E-state index in [-0.39, 0.29) is 19.2 Å². The molecule has 0 bridgehead atoms.